The monoisotopic (exact) mass is 443 g/mol. The van der Waals surface area contributed by atoms with E-state index in [1.54, 1.807) is 43.6 Å². The first kappa shape index (κ1) is 22.5. The molecule has 6 heteroatoms. The van der Waals surface area contributed by atoms with Crippen molar-refractivity contribution in [3.05, 3.63) is 84.2 Å². The van der Waals surface area contributed by atoms with Crippen LogP contribution >= 0.6 is 0 Å². The molecular formula is C27H29N3O3. The van der Waals surface area contributed by atoms with Crippen molar-refractivity contribution in [1.82, 2.24) is 15.2 Å². The molecule has 6 nitrogen and oxygen atoms in total. The maximum absolute atomic E-state index is 13.4. The van der Waals surface area contributed by atoms with Gasteiger partial charge in [-0.3, -0.25) is 14.6 Å². The van der Waals surface area contributed by atoms with Crippen LogP contribution in [0.4, 0.5) is 0 Å². The average molecular weight is 444 g/mol. The van der Waals surface area contributed by atoms with Gasteiger partial charge in [-0.15, -0.1) is 0 Å². The van der Waals surface area contributed by atoms with Gasteiger partial charge in [-0.1, -0.05) is 36.4 Å². The standard InChI is InChI=1S/C27H29N3O3/c1-28-26(32)27(18-21-8-3-4-9-22(21)20-12-15-29-16-13-20)14-7-17-30(19-27)25(31)23-10-5-6-11-24(23)33-2/h3-6,8-13,15-16H,7,14,17-19H2,1-2H3,(H,28,32)/t27-/m1/s1. The number of amides is 2. The third-order valence-corrected chi connectivity index (χ3v) is 6.45. The average Bonchev–Trinajstić information content (AvgIpc) is 2.88. The Hall–Kier alpha value is -3.67. The lowest BCUT2D eigenvalue weighted by Gasteiger charge is -2.42. The Labute approximate surface area is 194 Å². The fraction of sp³-hybridized carbons (Fsp3) is 0.296. The summed E-state index contributed by atoms with van der Waals surface area (Å²) < 4.78 is 5.41. The molecule has 33 heavy (non-hydrogen) atoms. The first-order valence-corrected chi connectivity index (χ1v) is 11.2. The third-order valence-electron chi connectivity index (χ3n) is 6.45. The quantitative estimate of drug-likeness (QED) is 0.626. The van der Waals surface area contributed by atoms with Crippen LogP contribution in [-0.4, -0.2) is 48.9 Å². The molecular weight excluding hydrogens is 414 g/mol. The number of para-hydroxylation sites is 1. The zero-order chi connectivity index (χ0) is 23.3. The highest BCUT2D eigenvalue weighted by atomic mass is 16.5. The second-order valence-electron chi connectivity index (χ2n) is 8.46. The Kier molecular flexibility index (Phi) is 6.73. The molecule has 1 saturated heterocycles. The van der Waals surface area contributed by atoms with Crippen LogP contribution in [0, 0.1) is 5.41 Å². The summed E-state index contributed by atoms with van der Waals surface area (Å²) in [6, 6.07) is 19.3. The van der Waals surface area contributed by atoms with E-state index in [0.29, 0.717) is 37.2 Å². The van der Waals surface area contributed by atoms with Gasteiger partial charge in [0.05, 0.1) is 18.1 Å². The first-order chi connectivity index (χ1) is 16.1. The molecule has 0 radical (unpaired) electrons. The maximum atomic E-state index is 13.4. The Morgan fingerprint density at radius 3 is 2.55 bits per heavy atom. The summed E-state index contributed by atoms with van der Waals surface area (Å²) in [5, 5.41) is 2.87. The molecule has 1 fully saturated rings. The molecule has 2 aromatic carbocycles. The SMILES string of the molecule is CNC(=O)[C@@]1(Cc2ccccc2-c2ccncc2)CCCN(C(=O)c2ccccc2OC)C1. The number of carbonyl (C=O) groups excluding carboxylic acids is 2. The van der Waals surface area contributed by atoms with Crippen molar-refractivity contribution in [2.24, 2.45) is 5.41 Å². The zero-order valence-corrected chi connectivity index (χ0v) is 19.1. The van der Waals surface area contributed by atoms with Gasteiger partial charge < -0.3 is 15.0 Å². The predicted molar refractivity (Wildman–Crippen MR) is 128 cm³/mol. The highest BCUT2D eigenvalue weighted by Gasteiger charge is 2.43. The highest BCUT2D eigenvalue weighted by molar-refractivity contribution is 5.97. The number of piperidine rings is 1. The van der Waals surface area contributed by atoms with Gasteiger partial charge in [0.2, 0.25) is 5.91 Å². The van der Waals surface area contributed by atoms with E-state index in [9.17, 15) is 9.59 Å². The van der Waals surface area contributed by atoms with Gasteiger partial charge in [-0.25, -0.2) is 0 Å². The molecule has 3 aromatic rings. The summed E-state index contributed by atoms with van der Waals surface area (Å²) in [5.74, 6) is 0.397. The second kappa shape index (κ2) is 9.86. The molecule has 1 N–H and O–H groups in total. The molecule has 1 aliphatic rings. The van der Waals surface area contributed by atoms with Gasteiger partial charge in [-0.2, -0.15) is 0 Å². The fourth-order valence-corrected chi connectivity index (χ4v) is 4.82. The number of hydrogen-bond acceptors (Lipinski definition) is 4. The largest absolute Gasteiger partial charge is 0.496 e. The topological polar surface area (TPSA) is 71.5 Å². The normalized spacial score (nSPS) is 17.9. The second-order valence-corrected chi connectivity index (χ2v) is 8.46. The molecule has 170 valence electrons. The summed E-state index contributed by atoms with van der Waals surface area (Å²) in [6.07, 6.45) is 5.56. The minimum atomic E-state index is -0.714. The molecule has 1 atom stereocenters. The molecule has 0 unspecified atom stereocenters. The van der Waals surface area contributed by atoms with Crippen molar-refractivity contribution in [3.63, 3.8) is 0 Å². The number of nitrogens with zero attached hydrogens (tertiary/aromatic N) is 2. The third kappa shape index (κ3) is 4.60. The summed E-state index contributed by atoms with van der Waals surface area (Å²) in [5.41, 5.74) is 3.03. The van der Waals surface area contributed by atoms with Crippen LogP contribution in [0.5, 0.6) is 5.75 Å². The van der Waals surface area contributed by atoms with Crippen molar-refractivity contribution >= 4 is 11.8 Å². The van der Waals surface area contributed by atoms with Crippen LogP contribution < -0.4 is 10.1 Å². The Morgan fingerprint density at radius 1 is 1.06 bits per heavy atom. The van der Waals surface area contributed by atoms with Crippen LogP contribution in [0.3, 0.4) is 0 Å². The number of aromatic nitrogens is 1. The maximum Gasteiger partial charge on any atom is 0.257 e. The van der Waals surface area contributed by atoms with Crippen LogP contribution in [0.15, 0.2) is 73.1 Å². The van der Waals surface area contributed by atoms with Gasteiger partial charge in [0.25, 0.3) is 5.91 Å². The molecule has 4 rings (SSSR count). The molecule has 2 heterocycles. The smallest absolute Gasteiger partial charge is 0.257 e. The highest BCUT2D eigenvalue weighted by Crippen LogP contribution is 2.38. The number of ether oxygens (including phenoxy) is 1. The predicted octanol–water partition coefficient (Wildman–Crippen LogP) is 3.97. The molecule has 0 aliphatic carbocycles. The van der Waals surface area contributed by atoms with Crippen LogP contribution in [0.25, 0.3) is 11.1 Å². The minimum absolute atomic E-state index is 0.0374. The lowest BCUT2D eigenvalue weighted by Crippen LogP contribution is -2.54. The van der Waals surface area contributed by atoms with Crippen molar-refractivity contribution in [2.75, 3.05) is 27.2 Å². The van der Waals surface area contributed by atoms with E-state index in [1.807, 2.05) is 36.4 Å². The summed E-state index contributed by atoms with van der Waals surface area (Å²) in [7, 11) is 3.23. The molecule has 0 saturated carbocycles. The first-order valence-electron chi connectivity index (χ1n) is 11.2. The van der Waals surface area contributed by atoms with Crippen LogP contribution in [0.1, 0.15) is 28.8 Å². The van der Waals surface area contributed by atoms with Gasteiger partial charge in [0.1, 0.15) is 5.75 Å². The Morgan fingerprint density at radius 2 is 1.79 bits per heavy atom. The van der Waals surface area contributed by atoms with E-state index in [1.165, 1.54) is 0 Å². The van der Waals surface area contributed by atoms with Gasteiger partial charge in [-0.05, 0) is 60.2 Å². The zero-order valence-electron chi connectivity index (χ0n) is 19.1. The number of benzene rings is 2. The van der Waals surface area contributed by atoms with E-state index in [4.69, 9.17) is 4.74 Å². The molecule has 1 aromatic heterocycles. The van der Waals surface area contributed by atoms with Crippen molar-refractivity contribution < 1.29 is 14.3 Å². The lowest BCUT2D eigenvalue weighted by atomic mass is 9.73. The summed E-state index contributed by atoms with van der Waals surface area (Å²) >= 11 is 0. The van der Waals surface area contributed by atoms with E-state index < -0.39 is 5.41 Å². The number of carbonyl (C=O) groups is 2. The number of nitrogens with one attached hydrogen (secondary N) is 1. The fourth-order valence-electron chi connectivity index (χ4n) is 4.82. The number of hydrogen-bond donors (Lipinski definition) is 1. The number of methoxy groups -OCH3 is 1. The summed E-state index contributed by atoms with van der Waals surface area (Å²) in [4.78, 5) is 32.6. The molecule has 2 amide bonds. The van der Waals surface area contributed by atoms with Crippen molar-refractivity contribution in [3.8, 4) is 16.9 Å². The van der Waals surface area contributed by atoms with Crippen LogP contribution in [0.2, 0.25) is 0 Å². The van der Waals surface area contributed by atoms with Gasteiger partial charge in [0.15, 0.2) is 0 Å². The number of rotatable bonds is 6. The lowest BCUT2D eigenvalue weighted by molar-refractivity contribution is -0.133. The Balaban J connectivity index is 1.68. The molecule has 0 spiro atoms. The molecule has 0 bridgehead atoms. The van der Waals surface area contributed by atoms with Crippen LogP contribution in [-0.2, 0) is 11.2 Å². The van der Waals surface area contributed by atoms with Crippen molar-refractivity contribution in [1.29, 1.82) is 0 Å². The van der Waals surface area contributed by atoms with E-state index in [2.05, 4.69) is 22.4 Å². The minimum Gasteiger partial charge on any atom is -0.496 e. The van der Waals surface area contributed by atoms with Gasteiger partial charge in [0, 0.05) is 32.5 Å². The van der Waals surface area contributed by atoms with E-state index >= 15 is 0 Å². The van der Waals surface area contributed by atoms with Crippen molar-refractivity contribution in [2.45, 2.75) is 19.3 Å². The van der Waals surface area contributed by atoms with Gasteiger partial charge >= 0.3 is 0 Å². The number of likely N-dealkylation sites (tertiary alicyclic amines) is 1. The molecule has 1 aliphatic heterocycles. The number of pyridine rings is 1. The van der Waals surface area contributed by atoms with E-state index in [-0.39, 0.29) is 11.8 Å². The van der Waals surface area contributed by atoms with E-state index in [0.717, 1.165) is 23.1 Å². The Bertz CT molecular complexity index is 1130. The summed E-state index contributed by atoms with van der Waals surface area (Å²) in [6.45, 7) is 0.968.